The van der Waals surface area contributed by atoms with Gasteiger partial charge < -0.3 is 15.5 Å². The maximum Gasteiger partial charge on any atom is 0.243 e. The van der Waals surface area contributed by atoms with Gasteiger partial charge in [0.15, 0.2) is 9.84 Å². The van der Waals surface area contributed by atoms with Crippen LogP contribution in [0.5, 0.6) is 0 Å². The zero-order valence-electron chi connectivity index (χ0n) is 17.8. The smallest absolute Gasteiger partial charge is 0.243 e. The van der Waals surface area contributed by atoms with E-state index in [0.29, 0.717) is 4.90 Å². The molecule has 4 rings (SSSR count). The molecule has 1 amide bonds. The van der Waals surface area contributed by atoms with Crippen LogP contribution in [0.4, 0.5) is 17.1 Å². The average Bonchev–Trinajstić information content (AvgIpc) is 3.35. The molecule has 0 spiro atoms. The predicted molar refractivity (Wildman–Crippen MR) is 126 cm³/mol. The molecule has 1 aliphatic carbocycles. The van der Waals surface area contributed by atoms with E-state index in [-0.39, 0.29) is 17.7 Å². The number of anilines is 3. The van der Waals surface area contributed by atoms with Gasteiger partial charge in [-0.05, 0) is 80.6 Å². The number of carbonyl (C=O) groups excluding carboxylic acids is 1. The van der Waals surface area contributed by atoms with Crippen molar-refractivity contribution in [1.29, 1.82) is 0 Å². The number of nitrogens with zero attached hydrogens (tertiary/aromatic N) is 1. The zero-order valence-corrected chi connectivity index (χ0v) is 18.7. The summed E-state index contributed by atoms with van der Waals surface area (Å²) < 4.78 is 25.3. The van der Waals surface area contributed by atoms with Crippen molar-refractivity contribution < 1.29 is 13.2 Å². The first-order valence-electron chi connectivity index (χ1n) is 11.2. The fourth-order valence-corrected chi connectivity index (χ4v) is 6.30. The van der Waals surface area contributed by atoms with Crippen molar-refractivity contribution in [2.45, 2.75) is 55.1 Å². The number of rotatable bonds is 7. The summed E-state index contributed by atoms with van der Waals surface area (Å²) in [6.07, 6.45) is 7.24. The predicted octanol–water partition coefficient (Wildman–Crippen LogP) is 4.44. The Balaban J connectivity index is 1.27. The van der Waals surface area contributed by atoms with E-state index in [1.807, 2.05) is 12.1 Å². The highest BCUT2D eigenvalue weighted by molar-refractivity contribution is 7.92. The normalized spacial score (nSPS) is 17.5. The highest BCUT2D eigenvalue weighted by Gasteiger charge is 2.30. The van der Waals surface area contributed by atoms with Gasteiger partial charge >= 0.3 is 0 Å². The van der Waals surface area contributed by atoms with Gasteiger partial charge in [-0.2, -0.15) is 0 Å². The van der Waals surface area contributed by atoms with Gasteiger partial charge in [0.05, 0.1) is 16.7 Å². The third-order valence-corrected chi connectivity index (χ3v) is 8.53. The Labute approximate surface area is 185 Å². The van der Waals surface area contributed by atoms with Crippen LogP contribution in [0.25, 0.3) is 0 Å². The van der Waals surface area contributed by atoms with Gasteiger partial charge in [0, 0.05) is 30.2 Å². The number of carbonyl (C=O) groups is 1. The molecule has 31 heavy (non-hydrogen) atoms. The van der Waals surface area contributed by atoms with E-state index in [2.05, 4.69) is 27.7 Å². The van der Waals surface area contributed by atoms with Crippen LogP contribution in [0.1, 0.15) is 44.9 Å². The Bertz CT molecular complexity index is 976. The quantitative estimate of drug-likeness (QED) is 0.664. The Morgan fingerprint density at radius 3 is 2.10 bits per heavy atom. The maximum atomic E-state index is 12.7. The minimum atomic E-state index is -3.25. The van der Waals surface area contributed by atoms with Gasteiger partial charge in [0.2, 0.25) is 5.91 Å². The molecule has 2 aromatic rings. The third kappa shape index (κ3) is 5.39. The molecule has 0 atom stereocenters. The fourth-order valence-electron chi connectivity index (χ4n) is 4.45. The summed E-state index contributed by atoms with van der Waals surface area (Å²) >= 11 is 0. The number of amides is 1. The van der Waals surface area contributed by atoms with Crippen molar-refractivity contribution in [3.63, 3.8) is 0 Å². The molecular weight excluding hydrogens is 410 g/mol. The van der Waals surface area contributed by atoms with Gasteiger partial charge in [-0.25, -0.2) is 8.42 Å². The monoisotopic (exact) mass is 441 g/mol. The second-order valence-electron chi connectivity index (χ2n) is 8.47. The van der Waals surface area contributed by atoms with Crippen LogP contribution in [-0.2, 0) is 14.6 Å². The van der Waals surface area contributed by atoms with E-state index in [1.165, 1.54) is 24.9 Å². The summed E-state index contributed by atoms with van der Waals surface area (Å²) in [5, 5.41) is 5.71. The number of piperidine rings is 1. The van der Waals surface area contributed by atoms with E-state index in [1.54, 1.807) is 24.3 Å². The molecule has 0 aromatic heterocycles. The molecule has 0 unspecified atom stereocenters. The van der Waals surface area contributed by atoms with Gasteiger partial charge in [-0.15, -0.1) is 0 Å². The third-order valence-electron chi connectivity index (χ3n) is 6.25. The van der Waals surface area contributed by atoms with E-state index < -0.39 is 9.84 Å². The van der Waals surface area contributed by atoms with Crippen molar-refractivity contribution >= 4 is 32.8 Å². The minimum Gasteiger partial charge on any atom is -0.376 e. The summed E-state index contributed by atoms with van der Waals surface area (Å²) in [5.41, 5.74) is 2.69. The lowest BCUT2D eigenvalue weighted by Gasteiger charge is -2.28. The molecule has 0 radical (unpaired) electrons. The van der Waals surface area contributed by atoms with Crippen molar-refractivity contribution in [2.75, 3.05) is 35.2 Å². The van der Waals surface area contributed by atoms with Crippen LogP contribution >= 0.6 is 0 Å². The topological polar surface area (TPSA) is 78.5 Å². The van der Waals surface area contributed by atoms with Crippen molar-refractivity contribution in [2.24, 2.45) is 0 Å². The summed E-state index contributed by atoms with van der Waals surface area (Å²) in [6, 6.07) is 14.7. The van der Waals surface area contributed by atoms with Crippen LogP contribution in [0, 0.1) is 0 Å². The van der Waals surface area contributed by atoms with Crippen LogP contribution < -0.4 is 15.5 Å². The van der Waals surface area contributed by atoms with Crippen molar-refractivity contribution in [3.05, 3.63) is 48.5 Å². The Hall–Kier alpha value is -2.54. The average molecular weight is 442 g/mol. The number of nitrogens with one attached hydrogen (secondary N) is 2. The fraction of sp³-hybridized carbons (Fsp3) is 0.458. The van der Waals surface area contributed by atoms with E-state index in [9.17, 15) is 13.2 Å². The first-order valence-corrected chi connectivity index (χ1v) is 12.8. The summed E-state index contributed by atoms with van der Waals surface area (Å²) in [4.78, 5) is 15.0. The van der Waals surface area contributed by atoms with Crippen LogP contribution in [0.15, 0.2) is 53.4 Å². The molecular formula is C24H31N3O3S. The number of sulfone groups is 1. The van der Waals surface area contributed by atoms with Crippen LogP contribution in [0.3, 0.4) is 0 Å². The summed E-state index contributed by atoms with van der Waals surface area (Å²) in [6.45, 7) is 2.30. The maximum absolute atomic E-state index is 12.7. The Kier molecular flexibility index (Phi) is 6.80. The Morgan fingerprint density at radius 2 is 1.45 bits per heavy atom. The van der Waals surface area contributed by atoms with Crippen molar-refractivity contribution in [1.82, 2.24) is 0 Å². The van der Waals surface area contributed by atoms with E-state index in [4.69, 9.17) is 0 Å². The number of hydrogen-bond donors (Lipinski definition) is 2. The highest BCUT2D eigenvalue weighted by Crippen LogP contribution is 2.30. The lowest BCUT2D eigenvalue weighted by molar-refractivity contribution is -0.114. The largest absolute Gasteiger partial charge is 0.376 e. The number of benzene rings is 2. The minimum absolute atomic E-state index is 0.114. The molecule has 7 heteroatoms. The molecule has 6 nitrogen and oxygen atoms in total. The standard InChI is InChI=1S/C24H31N3O3S/c28-24(26-20-8-12-21(13-9-20)27-16-4-1-5-17-27)18-25-19-10-14-23(15-11-19)31(29,30)22-6-2-3-7-22/h8-15,22,25H,1-7,16-18H2,(H,26,28). The lowest BCUT2D eigenvalue weighted by Crippen LogP contribution is -2.29. The lowest BCUT2D eigenvalue weighted by atomic mass is 10.1. The summed E-state index contributed by atoms with van der Waals surface area (Å²) in [7, 11) is -3.25. The van der Waals surface area contributed by atoms with Gasteiger partial charge in [0.1, 0.15) is 0 Å². The molecule has 0 bridgehead atoms. The Morgan fingerprint density at radius 1 is 0.839 bits per heavy atom. The van der Waals surface area contributed by atoms with Gasteiger partial charge in [0.25, 0.3) is 0 Å². The molecule has 2 aliphatic rings. The molecule has 2 N–H and O–H groups in total. The van der Waals surface area contributed by atoms with Crippen molar-refractivity contribution in [3.8, 4) is 0 Å². The molecule has 2 fully saturated rings. The van der Waals surface area contributed by atoms with E-state index >= 15 is 0 Å². The second-order valence-corrected chi connectivity index (χ2v) is 10.7. The zero-order chi connectivity index (χ0) is 21.7. The van der Waals surface area contributed by atoms with Gasteiger partial charge in [-0.1, -0.05) is 12.8 Å². The number of hydrogen-bond acceptors (Lipinski definition) is 5. The first-order chi connectivity index (χ1) is 15.0. The SMILES string of the molecule is O=C(CNc1ccc(S(=O)(=O)C2CCCC2)cc1)Nc1ccc(N2CCCCC2)cc1. The molecule has 1 saturated heterocycles. The van der Waals surface area contributed by atoms with Crippen LogP contribution in [0.2, 0.25) is 0 Å². The van der Waals surface area contributed by atoms with Gasteiger partial charge in [-0.3, -0.25) is 4.79 Å². The molecule has 1 heterocycles. The summed E-state index contributed by atoms with van der Waals surface area (Å²) in [5.74, 6) is -0.145. The first kappa shape index (κ1) is 21.7. The molecule has 2 aromatic carbocycles. The highest BCUT2D eigenvalue weighted by atomic mass is 32.2. The molecule has 1 aliphatic heterocycles. The van der Waals surface area contributed by atoms with Crippen LogP contribution in [-0.4, -0.2) is 39.2 Å². The molecule has 1 saturated carbocycles. The van der Waals surface area contributed by atoms with E-state index in [0.717, 1.165) is 50.1 Å². The molecule has 166 valence electrons. The second kappa shape index (κ2) is 9.73.